The lowest BCUT2D eigenvalue weighted by Gasteiger charge is -2.13. The first-order chi connectivity index (χ1) is 13.3. The van der Waals surface area contributed by atoms with Gasteiger partial charge in [0.25, 0.3) is 0 Å². The van der Waals surface area contributed by atoms with Crippen molar-refractivity contribution < 1.29 is 4.74 Å². The van der Waals surface area contributed by atoms with E-state index in [9.17, 15) is 0 Å². The number of methoxy groups -OCH3 is 1. The maximum Gasteiger partial charge on any atom is 0.162 e. The summed E-state index contributed by atoms with van der Waals surface area (Å²) >= 11 is 0. The van der Waals surface area contributed by atoms with E-state index in [4.69, 9.17) is 14.7 Å². The summed E-state index contributed by atoms with van der Waals surface area (Å²) in [6.07, 6.45) is 3.56. The summed E-state index contributed by atoms with van der Waals surface area (Å²) in [4.78, 5) is 9.65. The van der Waals surface area contributed by atoms with Crippen LogP contribution < -0.4 is 5.32 Å². The zero-order chi connectivity index (χ0) is 18.5. The molecule has 0 saturated carbocycles. The normalized spacial score (nSPS) is 11.0. The number of nitrogens with zero attached hydrogens (tertiary/aromatic N) is 3. The van der Waals surface area contributed by atoms with Crippen LogP contribution in [-0.2, 0) is 11.2 Å². The number of hydrogen-bond acceptors (Lipinski definition) is 5. The van der Waals surface area contributed by atoms with E-state index in [1.54, 1.807) is 13.3 Å². The van der Waals surface area contributed by atoms with Crippen LogP contribution in [0.5, 0.6) is 0 Å². The van der Waals surface area contributed by atoms with Crippen LogP contribution in [0.25, 0.3) is 22.3 Å². The highest BCUT2D eigenvalue weighted by Crippen LogP contribution is 2.30. The first-order valence-electron chi connectivity index (χ1n) is 8.95. The number of ether oxygens (including phenoxy) is 1. The fourth-order valence-electron chi connectivity index (χ4n) is 3.13. The van der Waals surface area contributed by atoms with E-state index in [-0.39, 0.29) is 0 Å². The Hall–Kier alpha value is -3.25. The van der Waals surface area contributed by atoms with Crippen LogP contribution in [0.1, 0.15) is 12.0 Å². The molecule has 27 heavy (non-hydrogen) atoms. The van der Waals surface area contributed by atoms with E-state index in [0.29, 0.717) is 5.82 Å². The number of rotatable bonds is 7. The van der Waals surface area contributed by atoms with Gasteiger partial charge in [0.05, 0.1) is 11.7 Å². The number of aromatic nitrogens is 4. The molecule has 0 aliphatic carbocycles. The van der Waals surface area contributed by atoms with Gasteiger partial charge in [-0.1, -0.05) is 42.5 Å². The average molecular weight is 359 g/mol. The summed E-state index contributed by atoms with van der Waals surface area (Å²) in [7, 11) is 1.73. The predicted molar refractivity (Wildman–Crippen MR) is 107 cm³/mol. The maximum atomic E-state index is 5.21. The monoisotopic (exact) mass is 359 g/mol. The van der Waals surface area contributed by atoms with E-state index in [1.165, 1.54) is 5.56 Å². The number of aryl methyl sites for hydroxylation is 1. The molecule has 2 aromatic carbocycles. The van der Waals surface area contributed by atoms with Crippen LogP contribution >= 0.6 is 0 Å². The Morgan fingerprint density at radius 1 is 1.00 bits per heavy atom. The van der Waals surface area contributed by atoms with Crippen molar-refractivity contribution in [2.24, 2.45) is 0 Å². The van der Waals surface area contributed by atoms with E-state index >= 15 is 0 Å². The second-order valence-corrected chi connectivity index (χ2v) is 6.26. The van der Waals surface area contributed by atoms with Crippen molar-refractivity contribution in [2.45, 2.75) is 12.8 Å². The predicted octanol–water partition coefficient (Wildman–Crippen LogP) is 4.34. The van der Waals surface area contributed by atoms with Crippen molar-refractivity contribution >= 4 is 22.5 Å². The van der Waals surface area contributed by atoms with Gasteiger partial charge in [-0.05, 0) is 24.5 Å². The molecule has 4 rings (SSSR count). The second-order valence-electron chi connectivity index (χ2n) is 6.26. The van der Waals surface area contributed by atoms with E-state index in [1.807, 2.05) is 48.5 Å². The van der Waals surface area contributed by atoms with Crippen LogP contribution in [0.2, 0.25) is 0 Å². The van der Waals surface area contributed by atoms with Crippen molar-refractivity contribution in [1.82, 2.24) is 20.2 Å². The summed E-state index contributed by atoms with van der Waals surface area (Å²) < 4.78 is 5.21. The highest BCUT2D eigenvalue weighted by molar-refractivity contribution is 5.94. The summed E-state index contributed by atoms with van der Waals surface area (Å²) in [6, 6.07) is 18.1. The number of fused-ring (bicyclic) bond motifs is 1. The molecular weight excluding hydrogens is 338 g/mol. The molecule has 2 aromatic heterocycles. The third kappa shape index (κ3) is 3.80. The molecule has 6 nitrogen and oxygen atoms in total. The van der Waals surface area contributed by atoms with Crippen LogP contribution in [-0.4, -0.2) is 33.9 Å². The summed E-state index contributed by atoms with van der Waals surface area (Å²) in [6.45, 7) is 0.725. The molecule has 0 saturated heterocycles. The Labute approximate surface area is 157 Å². The quantitative estimate of drug-likeness (QED) is 0.480. The molecule has 0 radical (unpaired) electrons. The SMILES string of the molecule is COCCCc1cccc2nc(-c3ccccc3)nc(Nc3ccn[nH]3)c12. The fourth-order valence-corrected chi connectivity index (χ4v) is 3.13. The summed E-state index contributed by atoms with van der Waals surface area (Å²) in [5.74, 6) is 2.26. The Morgan fingerprint density at radius 2 is 1.89 bits per heavy atom. The van der Waals surface area contributed by atoms with Gasteiger partial charge in [0, 0.05) is 30.7 Å². The Kier molecular flexibility index (Phi) is 5.07. The van der Waals surface area contributed by atoms with E-state index in [2.05, 4.69) is 21.6 Å². The van der Waals surface area contributed by atoms with Crippen LogP contribution in [0.4, 0.5) is 11.6 Å². The Morgan fingerprint density at radius 3 is 2.67 bits per heavy atom. The first kappa shape index (κ1) is 17.2. The number of benzene rings is 2. The van der Waals surface area contributed by atoms with Gasteiger partial charge in [-0.25, -0.2) is 9.97 Å². The maximum absolute atomic E-state index is 5.21. The van der Waals surface area contributed by atoms with Gasteiger partial charge in [-0.3, -0.25) is 5.10 Å². The van der Waals surface area contributed by atoms with Gasteiger partial charge in [0.2, 0.25) is 0 Å². The third-order valence-corrected chi connectivity index (χ3v) is 4.39. The molecule has 0 bridgehead atoms. The number of hydrogen-bond donors (Lipinski definition) is 2. The number of anilines is 2. The topological polar surface area (TPSA) is 75.7 Å². The molecular formula is C21H21N5O. The number of nitrogens with one attached hydrogen (secondary N) is 2. The molecule has 0 atom stereocenters. The van der Waals surface area contributed by atoms with E-state index < -0.39 is 0 Å². The first-order valence-corrected chi connectivity index (χ1v) is 8.95. The molecule has 2 N–H and O–H groups in total. The summed E-state index contributed by atoms with van der Waals surface area (Å²) in [5, 5.41) is 11.4. The summed E-state index contributed by atoms with van der Waals surface area (Å²) in [5.41, 5.74) is 3.10. The smallest absolute Gasteiger partial charge is 0.162 e. The lowest BCUT2D eigenvalue weighted by atomic mass is 10.0. The molecule has 0 amide bonds. The van der Waals surface area contributed by atoms with E-state index in [0.717, 1.165) is 47.6 Å². The fraction of sp³-hybridized carbons (Fsp3) is 0.190. The highest BCUT2D eigenvalue weighted by Gasteiger charge is 2.13. The van der Waals surface area contributed by atoms with Gasteiger partial charge < -0.3 is 10.1 Å². The van der Waals surface area contributed by atoms with Gasteiger partial charge in [0.1, 0.15) is 11.6 Å². The zero-order valence-corrected chi connectivity index (χ0v) is 15.1. The molecule has 0 aliphatic rings. The lowest BCUT2D eigenvalue weighted by Crippen LogP contribution is -2.02. The van der Waals surface area contributed by atoms with Crippen molar-refractivity contribution in [3.63, 3.8) is 0 Å². The third-order valence-electron chi connectivity index (χ3n) is 4.39. The molecule has 136 valence electrons. The minimum absolute atomic E-state index is 0.694. The number of aromatic amines is 1. The van der Waals surface area contributed by atoms with Crippen molar-refractivity contribution in [3.8, 4) is 11.4 Å². The molecule has 0 spiro atoms. The largest absolute Gasteiger partial charge is 0.385 e. The van der Waals surface area contributed by atoms with Gasteiger partial charge >= 0.3 is 0 Å². The minimum atomic E-state index is 0.694. The van der Waals surface area contributed by atoms with Crippen LogP contribution in [0.3, 0.4) is 0 Å². The van der Waals surface area contributed by atoms with Gasteiger partial charge in [0.15, 0.2) is 5.82 Å². The van der Waals surface area contributed by atoms with Crippen molar-refractivity contribution in [3.05, 3.63) is 66.4 Å². The van der Waals surface area contributed by atoms with Crippen LogP contribution in [0, 0.1) is 0 Å². The Bertz CT molecular complexity index is 1020. The molecule has 4 aromatic rings. The minimum Gasteiger partial charge on any atom is -0.385 e. The molecule has 0 aliphatic heterocycles. The molecule has 0 unspecified atom stereocenters. The Balaban J connectivity index is 1.84. The molecule has 0 fully saturated rings. The van der Waals surface area contributed by atoms with Crippen molar-refractivity contribution in [1.29, 1.82) is 0 Å². The second kappa shape index (κ2) is 7.97. The van der Waals surface area contributed by atoms with Gasteiger partial charge in [-0.15, -0.1) is 0 Å². The lowest BCUT2D eigenvalue weighted by molar-refractivity contribution is 0.195. The van der Waals surface area contributed by atoms with Crippen LogP contribution in [0.15, 0.2) is 60.8 Å². The molecule has 2 heterocycles. The standard InChI is InChI=1S/C21H21N5O/c1-27-14-6-10-15-9-5-11-17-19(15)21(24-18-12-13-22-26-18)25-20(23-17)16-7-3-2-4-8-16/h2-5,7-9,11-13H,6,10,14H2,1H3,(H2,22,23,24,25,26). The molecule has 6 heteroatoms. The van der Waals surface area contributed by atoms with Gasteiger partial charge in [-0.2, -0.15) is 5.10 Å². The zero-order valence-electron chi connectivity index (χ0n) is 15.1. The van der Waals surface area contributed by atoms with Crippen molar-refractivity contribution in [2.75, 3.05) is 19.0 Å². The highest BCUT2D eigenvalue weighted by atomic mass is 16.5. The average Bonchev–Trinajstić information content (AvgIpc) is 3.22. The number of H-pyrrole nitrogens is 1.